The molecule has 3 saturated carbocycles. The molecule has 0 saturated heterocycles. The second-order valence-electron chi connectivity index (χ2n) is 7.64. The molecule has 0 atom stereocenters. The fraction of sp³-hybridized carbons (Fsp3) is 0.824. The molecule has 1 aromatic heterocycles. The van der Waals surface area contributed by atoms with E-state index >= 15 is 0 Å². The van der Waals surface area contributed by atoms with E-state index < -0.39 is 0 Å². The monoisotopic (exact) mass is 334 g/mol. The highest BCUT2D eigenvalue weighted by molar-refractivity contribution is 5.84. The molecule has 1 heterocycles. The minimum absolute atomic E-state index is 0.0596. The molecule has 0 unspecified atom stereocenters. The van der Waals surface area contributed by atoms with Gasteiger partial charge in [0, 0.05) is 25.1 Å². The summed E-state index contributed by atoms with van der Waals surface area (Å²) in [6.45, 7) is 0.459. The molecule has 3 aliphatic carbocycles. The van der Waals surface area contributed by atoms with E-state index in [-0.39, 0.29) is 24.0 Å². The molecule has 3 aliphatic rings. The Bertz CT molecular complexity index is 615. The molecule has 0 aliphatic heterocycles. The van der Waals surface area contributed by atoms with Crippen molar-refractivity contribution >= 4 is 5.91 Å². The Labute approximate surface area is 141 Å². The Kier molecular flexibility index (Phi) is 4.08. The predicted molar refractivity (Wildman–Crippen MR) is 86.3 cm³/mol. The molecule has 7 nitrogen and oxygen atoms in total. The van der Waals surface area contributed by atoms with Crippen LogP contribution in [-0.2, 0) is 16.1 Å². The average Bonchev–Trinajstić information content (AvgIpc) is 3.25. The summed E-state index contributed by atoms with van der Waals surface area (Å²) in [4.78, 5) is 12.6. The number of hydrogen-bond donors (Lipinski definition) is 2. The van der Waals surface area contributed by atoms with Crippen LogP contribution < -0.4 is 5.32 Å². The molecule has 2 N–H and O–H groups in total. The standard InChI is InChI=1S/C17H26N4O3/c1-24-10-17(5-2-6-17)16(23)18-12-7-11(8-12)15-20-19-14(9-22)21(15)13-3-4-13/h11-13,22H,2-10H2,1H3,(H,18,23). The molecule has 0 spiro atoms. The van der Waals surface area contributed by atoms with Gasteiger partial charge in [-0.3, -0.25) is 4.79 Å². The Morgan fingerprint density at radius 2 is 2.12 bits per heavy atom. The van der Waals surface area contributed by atoms with Crippen LogP contribution in [0.2, 0.25) is 0 Å². The van der Waals surface area contributed by atoms with E-state index in [0.717, 1.165) is 50.8 Å². The zero-order chi connectivity index (χ0) is 16.7. The van der Waals surface area contributed by atoms with E-state index in [1.807, 2.05) is 0 Å². The number of hydrogen-bond acceptors (Lipinski definition) is 5. The summed E-state index contributed by atoms with van der Waals surface area (Å²) in [6.07, 6.45) is 7.07. The Balaban J connectivity index is 1.35. The third-order valence-electron chi connectivity index (χ3n) is 5.90. The first-order valence-electron chi connectivity index (χ1n) is 9.01. The van der Waals surface area contributed by atoms with E-state index in [4.69, 9.17) is 4.74 Å². The highest BCUT2D eigenvalue weighted by atomic mass is 16.5. The summed E-state index contributed by atoms with van der Waals surface area (Å²) in [7, 11) is 1.66. The van der Waals surface area contributed by atoms with Gasteiger partial charge in [-0.05, 0) is 38.5 Å². The molecule has 0 aromatic carbocycles. The molecule has 3 fully saturated rings. The molecular formula is C17H26N4O3. The minimum atomic E-state index is -0.294. The van der Waals surface area contributed by atoms with Crippen molar-refractivity contribution in [2.45, 2.75) is 69.6 Å². The van der Waals surface area contributed by atoms with Crippen LogP contribution in [0.25, 0.3) is 0 Å². The summed E-state index contributed by atoms with van der Waals surface area (Å²) in [5, 5.41) is 21.1. The molecule has 4 rings (SSSR count). The molecule has 0 radical (unpaired) electrons. The summed E-state index contributed by atoms with van der Waals surface area (Å²) in [5.41, 5.74) is -0.294. The second-order valence-corrected chi connectivity index (χ2v) is 7.64. The highest BCUT2D eigenvalue weighted by Crippen LogP contribution is 2.44. The van der Waals surface area contributed by atoms with Crippen molar-refractivity contribution in [1.82, 2.24) is 20.1 Å². The molecule has 132 valence electrons. The molecule has 0 bridgehead atoms. The van der Waals surface area contributed by atoms with E-state index in [9.17, 15) is 9.90 Å². The topological polar surface area (TPSA) is 89.3 Å². The Morgan fingerprint density at radius 1 is 1.38 bits per heavy atom. The molecule has 7 heteroatoms. The van der Waals surface area contributed by atoms with Crippen LogP contribution in [0.1, 0.15) is 68.6 Å². The summed E-state index contributed by atoms with van der Waals surface area (Å²) in [5.74, 6) is 2.15. The molecule has 1 amide bonds. The smallest absolute Gasteiger partial charge is 0.228 e. The van der Waals surface area contributed by atoms with Crippen molar-refractivity contribution in [3.05, 3.63) is 11.6 Å². The van der Waals surface area contributed by atoms with E-state index in [2.05, 4.69) is 20.1 Å². The fourth-order valence-electron chi connectivity index (χ4n) is 4.06. The molecule has 24 heavy (non-hydrogen) atoms. The normalized spacial score (nSPS) is 28.1. The first kappa shape index (κ1) is 16.0. The van der Waals surface area contributed by atoms with Gasteiger partial charge in [0.1, 0.15) is 12.4 Å². The number of ether oxygens (including phenoxy) is 1. The highest BCUT2D eigenvalue weighted by Gasteiger charge is 2.46. The van der Waals surface area contributed by atoms with Gasteiger partial charge in [-0.1, -0.05) is 6.42 Å². The lowest BCUT2D eigenvalue weighted by Gasteiger charge is -2.43. The third-order valence-corrected chi connectivity index (χ3v) is 5.90. The zero-order valence-electron chi connectivity index (χ0n) is 14.2. The van der Waals surface area contributed by atoms with Crippen molar-refractivity contribution in [3.8, 4) is 0 Å². The van der Waals surface area contributed by atoms with Crippen LogP contribution in [0, 0.1) is 5.41 Å². The van der Waals surface area contributed by atoms with Gasteiger partial charge in [0.15, 0.2) is 5.82 Å². The number of carbonyl (C=O) groups excluding carboxylic acids is 1. The van der Waals surface area contributed by atoms with Gasteiger partial charge in [0.2, 0.25) is 5.91 Å². The van der Waals surface area contributed by atoms with Gasteiger partial charge >= 0.3 is 0 Å². The van der Waals surface area contributed by atoms with Crippen LogP contribution in [-0.4, -0.2) is 45.5 Å². The summed E-state index contributed by atoms with van der Waals surface area (Å²) < 4.78 is 7.38. The van der Waals surface area contributed by atoms with Crippen molar-refractivity contribution in [3.63, 3.8) is 0 Å². The molecular weight excluding hydrogens is 308 g/mol. The first-order valence-corrected chi connectivity index (χ1v) is 9.01. The number of carbonyl (C=O) groups is 1. The van der Waals surface area contributed by atoms with Crippen molar-refractivity contribution < 1.29 is 14.6 Å². The van der Waals surface area contributed by atoms with Crippen LogP contribution in [0.5, 0.6) is 0 Å². The Morgan fingerprint density at radius 3 is 2.67 bits per heavy atom. The van der Waals surface area contributed by atoms with Gasteiger partial charge in [-0.15, -0.1) is 10.2 Å². The summed E-state index contributed by atoms with van der Waals surface area (Å²) >= 11 is 0. The lowest BCUT2D eigenvalue weighted by molar-refractivity contribution is -0.142. The Hall–Kier alpha value is -1.47. The minimum Gasteiger partial charge on any atom is -0.388 e. The van der Waals surface area contributed by atoms with E-state index in [0.29, 0.717) is 24.4 Å². The number of aromatic nitrogens is 3. The van der Waals surface area contributed by atoms with Gasteiger partial charge in [-0.2, -0.15) is 0 Å². The summed E-state index contributed by atoms with van der Waals surface area (Å²) in [6, 6.07) is 0.685. The van der Waals surface area contributed by atoms with Crippen LogP contribution in [0.3, 0.4) is 0 Å². The predicted octanol–water partition coefficient (Wildman–Crippen LogP) is 1.28. The zero-order valence-corrected chi connectivity index (χ0v) is 14.2. The number of aliphatic hydroxyl groups excluding tert-OH is 1. The van der Waals surface area contributed by atoms with Crippen LogP contribution in [0.15, 0.2) is 0 Å². The quantitative estimate of drug-likeness (QED) is 0.784. The van der Waals surface area contributed by atoms with Gasteiger partial charge < -0.3 is 19.7 Å². The maximum absolute atomic E-state index is 12.6. The van der Waals surface area contributed by atoms with Crippen molar-refractivity contribution in [1.29, 1.82) is 0 Å². The van der Waals surface area contributed by atoms with E-state index in [1.165, 1.54) is 0 Å². The number of nitrogens with zero attached hydrogens (tertiary/aromatic N) is 3. The van der Waals surface area contributed by atoms with Gasteiger partial charge in [0.25, 0.3) is 0 Å². The largest absolute Gasteiger partial charge is 0.388 e. The SMILES string of the molecule is COCC1(C(=O)NC2CC(c3nnc(CO)n3C3CC3)C2)CCC1. The van der Waals surface area contributed by atoms with Gasteiger partial charge in [0.05, 0.1) is 12.0 Å². The van der Waals surface area contributed by atoms with Crippen LogP contribution >= 0.6 is 0 Å². The number of rotatable bonds is 7. The van der Waals surface area contributed by atoms with E-state index in [1.54, 1.807) is 7.11 Å². The maximum Gasteiger partial charge on any atom is 0.228 e. The second kappa shape index (κ2) is 6.11. The number of amides is 1. The maximum atomic E-state index is 12.6. The van der Waals surface area contributed by atoms with Crippen LogP contribution in [0.4, 0.5) is 0 Å². The number of aliphatic hydroxyl groups is 1. The molecule has 1 aromatic rings. The van der Waals surface area contributed by atoms with Gasteiger partial charge in [-0.25, -0.2) is 0 Å². The third kappa shape index (κ3) is 2.63. The van der Waals surface area contributed by atoms with Crippen molar-refractivity contribution in [2.24, 2.45) is 5.41 Å². The number of methoxy groups -OCH3 is 1. The first-order chi connectivity index (χ1) is 11.7. The van der Waals surface area contributed by atoms with Crippen molar-refractivity contribution in [2.75, 3.05) is 13.7 Å². The lowest BCUT2D eigenvalue weighted by atomic mass is 9.68. The number of nitrogens with one attached hydrogen (secondary N) is 1. The fourth-order valence-corrected chi connectivity index (χ4v) is 4.06. The lowest BCUT2D eigenvalue weighted by Crippen LogP contribution is -2.54. The average molecular weight is 334 g/mol.